The molecular weight excluding hydrogens is 340 g/mol. The van der Waals surface area contributed by atoms with Gasteiger partial charge in [0.15, 0.2) is 0 Å². The molecule has 0 spiro atoms. The van der Waals surface area contributed by atoms with Gasteiger partial charge in [-0.25, -0.2) is 13.1 Å². The maximum absolute atomic E-state index is 12.5. The lowest BCUT2D eigenvalue weighted by molar-refractivity contribution is 0.188. The van der Waals surface area contributed by atoms with E-state index in [1.54, 1.807) is 12.1 Å². The van der Waals surface area contributed by atoms with E-state index in [4.69, 9.17) is 5.73 Å². The molecule has 1 aliphatic rings. The second-order valence-corrected chi connectivity index (χ2v) is 8.66. The Bertz CT molecular complexity index is 599. The molecular formula is C14H21BrN2O2S. The van der Waals surface area contributed by atoms with Gasteiger partial charge in [0.25, 0.3) is 0 Å². The SMILES string of the molecule is CC1(C)CCCCC1NS(=O)(=O)c1ccc(N)c(Br)c1. The summed E-state index contributed by atoms with van der Waals surface area (Å²) >= 11 is 3.27. The number of nitrogens with two attached hydrogens (primary N) is 1. The van der Waals surface area contributed by atoms with E-state index in [-0.39, 0.29) is 16.4 Å². The fourth-order valence-electron chi connectivity index (χ4n) is 2.64. The van der Waals surface area contributed by atoms with Crippen LogP contribution in [0.5, 0.6) is 0 Å². The van der Waals surface area contributed by atoms with E-state index in [2.05, 4.69) is 34.5 Å². The van der Waals surface area contributed by atoms with Crippen LogP contribution in [-0.4, -0.2) is 14.5 Å². The summed E-state index contributed by atoms with van der Waals surface area (Å²) in [7, 11) is -3.51. The molecule has 1 aromatic carbocycles. The molecule has 0 heterocycles. The molecule has 2 rings (SSSR count). The van der Waals surface area contributed by atoms with Crippen LogP contribution in [0.25, 0.3) is 0 Å². The highest BCUT2D eigenvalue weighted by Crippen LogP contribution is 2.36. The number of nitrogens with one attached hydrogen (secondary N) is 1. The molecule has 1 atom stereocenters. The first-order chi connectivity index (χ1) is 9.22. The second kappa shape index (κ2) is 5.66. The zero-order valence-electron chi connectivity index (χ0n) is 11.8. The highest BCUT2D eigenvalue weighted by Gasteiger charge is 2.35. The van der Waals surface area contributed by atoms with E-state index in [0.29, 0.717) is 10.2 Å². The summed E-state index contributed by atoms with van der Waals surface area (Å²) in [4.78, 5) is 0.250. The van der Waals surface area contributed by atoms with E-state index in [1.165, 1.54) is 12.5 Å². The summed E-state index contributed by atoms with van der Waals surface area (Å²) in [6, 6.07) is 4.67. The Kier molecular flexibility index (Phi) is 4.47. The van der Waals surface area contributed by atoms with E-state index in [1.807, 2.05) is 0 Å². The zero-order valence-corrected chi connectivity index (χ0v) is 14.2. The van der Waals surface area contributed by atoms with Crippen molar-refractivity contribution in [2.24, 2.45) is 5.41 Å². The molecule has 112 valence electrons. The van der Waals surface area contributed by atoms with Crippen LogP contribution in [-0.2, 0) is 10.0 Å². The fourth-order valence-corrected chi connectivity index (χ4v) is 4.64. The van der Waals surface area contributed by atoms with Gasteiger partial charge in [0.05, 0.1) is 4.90 Å². The lowest BCUT2D eigenvalue weighted by Crippen LogP contribution is -2.46. The summed E-state index contributed by atoms with van der Waals surface area (Å²) < 4.78 is 28.4. The third-order valence-corrected chi connectivity index (χ3v) is 6.24. The molecule has 0 amide bonds. The van der Waals surface area contributed by atoms with E-state index >= 15 is 0 Å². The van der Waals surface area contributed by atoms with Crippen molar-refractivity contribution >= 4 is 31.6 Å². The van der Waals surface area contributed by atoms with Crippen LogP contribution in [0.1, 0.15) is 39.5 Å². The van der Waals surface area contributed by atoms with Crippen molar-refractivity contribution < 1.29 is 8.42 Å². The number of halogens is 1. The third kappa shape index (κ3) is 3.35. The first kappa shape index (κ1) is 15.8. The molecule has 1 saturated carbocycles. The minimum absolute atomic E-state index is 0.00361. The van der Waals surface area contributed by atoms with Crippen LogP contribution in [0.3, 0.4) is 0 Å². The molecule has 20 heavy (non-hydrogen) atoms. The molecule has 0 aliphatic heterocycles. The number of benzene rings is 1. The molecule has 1 fully saturated rings. The minimum atomic E-state index is -3.51. The maximum atomic E-state index is 12.5. The van der Waals surface area contributed by atoms with Gasteiger partial charge in [-0.15, -0.1) is 0 Å². The first-order valence-corrected chi connectivity index (χ1v) is 9.07. The summed E-state index contributed by atoms with van der Waals surface area (Å²) in [5, 5.41) is 0. The summed E-state index contributed by atoms with van der Waals surface area (Å²) in [5.41, 5.74) is 6.22. The standard InChI is InChI=1S/C14H21BrN2O2S/c1-14(2)8-4-3-5-13(14)17-20(18,19)10-6-7-12(16)11(15)9-10/h6-7,9,13,17H,3-5,8,16H2,1-2H3. The minimum Gasteiger partial charge on any atom is -0.398 e. The maximum Gasteiger partial charge on any atom is 0.240 e. The Morgan fingerprint density at radius 1 is 1.35 bits per heavy atom. The predicted molar refractivity (Wildman–Crippen MR) is 84.9 cm³/mol. The molecule has 1 aromatic rings. The average molecular weight is 361 g/mol. The van der Waals surface area contributed by atoms with Crippen LogP contribution in [0, 0.1) is 5.41 Å². The van der Waals surface area contributed by atoms with Gasteiger partial charge >= 0.3 is 0 Å². The van der Waals surface area contributed by atoms with Gasteiger partial charge in [-0.2, -0.15) is 0 Å². The first-order valence-electron chi connectivity index (χ1n) is 6.80. The van der Waals surface area contributed by atoms with Gasteiger partial charge in [0, 0.05) is 16.2 Å². The molecule has 0 bridgehead atoms. The average Bonchev–Trinajstić information content (AvgIpc) is 2.35. The highest BCUT2D eigenvalue weighted by molar-refractivity contribution is 9.10. The second-order valence-electron chi connectivity index (χ2n) is 6.09. The predicted octanol–water partition coefficient (Wildman–Crippen LogP) is 3.28. The Hall–Kier alpha value is -0.590. The molecule has 0 radical (unpaired) electrons. The van der Waals surface area contributed by atoms with Crippen LogP contribution < -0.4 is 10.5 Å². The lowest BCUT2D eigenvalue weighted by Gasteiger charge is -2.38. The van der Waals surface area contributed by atoms with Crippen molar-refractivity contribution in [2.75, 3.05) is 5.73 Å². The van der Waals surface area contributed by atoms with E-state index < -0.39 is 10.0 Å². The fraction of sp³-hybridized carbons (Fsp3) is 0.571. The molecule has 4 nitrogen and oxygen atoms in total. The summed E-state index contributed by atoms with van der Waals surface area (Å²) in [6.07, 6.45) is 4.18. The number of hydrogen-bond acceptors (Lipinski definition) is 3. The molecule has 3 N–H and O–H groups in total. The molecule has 6 heteroatoms. The van der Waals surface area contributed by atoms with Crippen LogP contribution in [0.4, 0.5) is 5.69 Å². The summed E-state index contributed by atoms with van der Waals surface area (Å²) in [6.45, 7) is 4.25. The number of hydrogen-bond donors (Lipinski definition) is 2. The van der Waals surface area contributed by atoms with Gasteiger partial charge in [-0.3, -0.25) is 0 Å². The third-order valence-electron chi connectivity index (χ3n) is 4.09. The van der Waals surface area contributed by atoms with Crippen molar-refractivity contribution in [1.29, 1.82) is 0 Å². The molecule has 0 saturated heterocycles. The Morgan fingerprint density at radius 2 is 2.05 bits per heavy atom. The van der Waals surface area contributed by atoms with Crippen molar-refractivity contribution in [3.63, 3.8) is 0 Å². The van der Waals surface area contributed by atoms with Crippen molar-refractivity contribution in [1.82, 2.24) is 4.72 Å². The van der Waals surface area contributed by atoms with Crippen LogP contribution in [0.2, 0.25) is 0 Å². The van der Waals surface area contributed by atoms with E-state index in [0.717, 1.165) is 19.3 Å². The molecule has 1 aliphatic carbocycles. The van der Waals surface area contributed by atoms with Gasteiger partial charge in [0.1, 0.15) is 0 Å². The monoisotopic (exact) mass is 360 g/mol. The Morgan fingerprint density at radius 3 is 2.65 bits per heavy atom. The smallest absolute Gasteiger partial charge is 0.240 e. The van der Waals surface area contributed by atoms with E-state index in [9.17, 15) is 8.42 Å². The summed E-state index contributed by atoms with van der Waals surface area (Å²) in [5.74, 6) is 0. The van der Waals surface area contributed by atoms with Gasteiger partial charge in [-0.1, -0.05) is 26.7 Å². The molecule has 1 unspecified atom stereocenters. The number of sulfonamides is 1. The van der Waals surface area contributed by atoms with Gasteiger partial charge < -0.3 is 5.73 Å². The topological polar surface area (TPSA) is 72.2 Å². The number of rotatable bonds is 3. The lowest BCUT2D eigenvalue weighted by atomic mass is 9.74. The van der Waals surface area contributed by atoms with Crippen LogP contribution >= 0.6 is 15.9 Å². The zero-order chi connectivity index (χ0) is 15.0. The Labute approximate surface area is 129 Å². The van der Waals surface area contributed by atoms with Crippen molar-refractivity contribution in [2.45, 2.75) is 50.5 Å². The van der Waals surface area contributed by atoms with Gasteiger partial charge in [0.2, 0.25) is 10.0 Å². The molecule has 0 aromatic heterocycles. The van der Waals surface area contributed by atoms with Crippen molar-refractivity contribution in [3.8, 4) is 0 Å². The Balaban J connectivity index is 2.24. The quantitative estimate of drug-likeness (QED) is 0.812. The van der Waals surface area contributed by atoms with Crippen molar-refractivity contribution in [3.05, 3.63) is 22.7 Å². The van der Waals surface area contributed by atoms with Crippen LogP contribution in [0.15, 0.2) is 27.6 Å². The normalized spacial score (nSPS) is 22.6. The number of anilines is 1. The van der Waals surface area contributed by atoms with Gasteiger partial charge in [-0.05, 0) is 52.4 Å². The highest BCUT2D eigenvalue weighted by atomic mass is 79.9. The largest absolute Gasteiger partial charge is 0.398 e. The number of nitrogen functional groups attached to an aromatic ring is 1.